The number of hydrogen-bond acceptors (Lipinski definition) is 13. The molecule has 9 N–H and O–H groups in total. The molecule has 66 heavy (non-hydrogen) atoms. The molecular formula is C52H91NO13. The number of amides is 1. The van der Waals surface area contributed by atoms with Crippen LogP contribution in [0.2, 0.25) is 0 Å². The average molecular weight is 938 g/mol. The zero-order chi connectivity index (χ0) is 48.2. The fourth-order valence-corrected chi connectivity index (χ4v) is 8.06. The van der Waals surface area contributed by atoms with Crippen molar-refractivity contribution in [2.24, 2.45) is 0 Å². The standard InChI is InChI=1S/C52H91NO13/c1-3-5-7-9-11-13-14-15-16-17-18-19-20-21-22-23-24-25-26-28-30-32-34-36-44(57)53-40(41(56)35-33-31-29-27-12-10-8-6-4-2)39-63-51-49(62)47(60)50(43(38-55)65-51)66-52-48(61)46(59)45(58)42(37-54)64-52/h4,6,12,14-15,17-18,27,33,35,40-43,45-52,54-56,58-62H,3,5,7-11,13,16,19-26,28-32,34,36-39H2,1-2H3,(H,53,57)/b6-4+,15-14-,18-17-,27-12+,35-33+. The zero-order valence-corrected chi connectivity index (χ0v) is 40.4. The number of unbranched alkanes of at least 4 members (excludes halogenated alkanes) is 18. The molecule has 0 radical (unpaired) electrons. The highest BCUT2D eigenvalue weighted by molar-refractivity contribution is 5.76. The molecule has 382 valence electrons. The zero-order valence-electron chi connectivity index (χ0n) is 40.4. The van der Waals surface area contributed by atoms with E-state index in [1.54, 1.807) is 6.08 Å². The lowest BCUT2D eigenvalue weighted by Gasteiger charge is -2.46. The quantitative estimate of drug-likeness (QED) is 0.0234. The Bertz CT molecular complexity index is 1340. The van der Waals surface area contributed by atoms with Crippen molar-refractivity contribution in [1.29, 1.82) is 0 Å². The molecule has 2 aliphatic rings. The van der Waals surface area contributed by atoms with Crippen molar-refractivity contribution in [1.82, 2.24) is 5.32 Å². The molecule has 2 fully saturated rings. The van der Waals surface area contributed by atoms with Gasteiger partial charge in [0.1, 0.15) is 48.8 Å². The van der Waals surface area contributed by atoms with E-state index in [0.29, 0.717) is 12.8 Å². The topological polar surface area (TPSA) is 228 Å². The monoisotopic (exact) mass is 938 g/mol. The first-order chi connectivity index (χ1) is 32.1. The fraction of sp³-hybridized carbons (Fsp3) is 0.788. The summed E-state index contributed by atoms with van der Waals surface area (Å²) in [6.07, 6.45) is 30.2. The lowest BCUT2D eigenvalue weighted by Crippen LogP contribution is -2.65. The SMILES string of the molecule is C/C=C/CC/C=C/CC/C=C/C(O)C(COC1OC(CO)C(OC2OC(CO)C(O)C(O)C2O)C(O)C1O)NC(=O)CCCCCCCCCCCCC/C=C\C/C=C\CCCCCCC. The van der Waals surface area contributed by atoms with Crippen LogP contribution in [0.15, 0.2) is 60.8 Å². The summed E-state index contributed by atoms with van der Waals surface area (Å²) in [5, 5.41) is 86.5. The molecular weight excluding hydrogens is 847 g/mol. The van der Waals surface area contributed by atoms with Crippen molar-refractivity contribution in [2.75, 3.05) is 19.8 Å². The second kappa shape index (κ2) is 38.5. The minimum atomic E-state index is -1.79. The lowest BCUT2D eigenvalue weighted by atomic mass is 9.97. The Kier molecular flexibility index (Phi) is 34.9. The lowest BCUT2D eigenvalue weighted by molar-refractivity contribution is -0.359. The number of carbonyl (C=O) groups is 1. The second-order valence-corrected chi connectivity index (χ2v) is 17.9. The maximum Gasteiger partial charge on any atom is 0.220 e. The van der Waals surface area contributed by atoms with Gasteiger partial charge in [-0.05, 0) is 71.1 Å². The maximum atomic E-state index is 13.1. The molecule has 12 atom stereocenters. The van der Waals surface area contributed by atoms with Crippen molar-refractivity contribution >= 4 is 5.91 Å². The van der Waals surface area contributed by atoms with Crippen LogP contribution in [-0.2, 0) is 23.7 Å². The average Bonchev–Trinajstić information content (AvgIpc) is 3.31. The summed E-state index contributed by atoms with van der Waals surface area (Å²) in [4.78, 5) is 13.1. The third-order valence-electron chi connectivity index (χ3n) is 12.2. The van der Waals surface area contributed by atoms with Crippen LogP contribution < -0.4 is 5.32 Å². The van der Waals surface area contributed by atoms with Crippen molar-refractivity contribution in [2.45, 2.75) is 242 Å². The third-order valence-corrected chi connectivity index (χ3v) is 12.2. The van der Waals surface area contributed by atoms with Crippen LogP contribution in [0.4, 0.5) is 0 Å². The Morgan fingerprint density at radius 1 is 0.576 bits per heavy atom. The Hall–Kier alpha value is -2.31. The van der Waals surface area contributed by atoms with Gasteiger partial charge in [-0.2, -0.15) is 0 Å². The molecule has 1 amide bonds. The molecule has 2 aliphatic heterocycles. The Morgan fingerprint density at radius 2 is 1.08 bits per heavy atom. The molecule has 14 nitrogen and oxygen atoms in total. The summed E-state index contributed by atoms with van der Waals surface area (Å²) in [6, 6.07) is -0.938. The number of carbonyl (C=O) groups excluding carboxylic acids is 1. The molecule has 0 aromatic heterocycles. The first-order valence-corrected chi connectivity index (χ1v) is 25.5. The Morgan fingerprint density at radius 3 is 1.65 bits per heavy atom. The first kappa shape index (κ1) is 59.8. The van der Waals surface area contributed by atoms with E-state index in [9.17, 15) is 45.6 Å². The van der Waals surface area contributed by atoms with Gasteiger partial charge in [-0.25, -0.2) is 0 Å². The maximum absolute atomic E-state index is 13.1. The number of aliphatic hydroxyl groups excluding tert-OH is 8. The molecule has 12 unspecified atom stereocenters. The van der Waals surface area contributed by atoms with Crippen LogP contribution in [0.5, 0.6) is 0 Å². The molecule has 2 saturated heterocycles. The van der Waals surface area contributed by atoms with Gasteiger partial charge < -0.3 is 65.1 Å². The van der Waals surface area contributed by atoms with Crippen molar-refractivity contribution < 1.29 is 64.6 Å². The van der Waals surface area contributed by atoms with E-state index in [1.807, 2.05) is 19.1 Å². The van der Waals surface area contributed by atoms with E-state index < -0.39 is 86.8 Å². The summed E-state index contributed by atoms with van der Waals surface area (Å²) in [5.74, 6) is -0.262. The highest BCUT2D eigenvalue weighted by Gasteiger charge is 2.51. The number of nitrogens with one attached hydrogen (secondary N) is 1. The smallest absolute Gasteiger partial charge is 0.220 e. The molecule has 2 rings (SSSR count). The molecule has 2 heterocycles. The number of rotatable bonds is 38. The number of ether oxygens (including phenoxy) is 4. The van der Waals surface area contributed by atoms with Gasteiger partial charge in [0.05, 0.1) is 32.0 Å². The number of hydrogen-bond donors (Lipinski definition) is 9. The van der Waals surface area contributed by atoms with Crippen LogP contribution >= 0.6 is 0 Å². The summed E-state index contributed by atoms with van der Waals surface area (Å²) < 4.78 is 22.6. The molecule has 0 saturated carbocycles. The van der Waals surface area contributed by atoms with E-state index in [-0.39, 0.29) is 18.9 Å². The second-order valence-electron chi connectivity index (χ2n) is 17.9. The molecule has 0 spiro atoms. The Labute approximate surface area is 396 Å². The van der Waals surface area contributed by atoms with Crippen molar-refractivity contribution in [3.8, 4) is 0 Å². The molecule has 0 aromatic rings. The highest BCUT2D eigenvalue weighted by atomic mass is 16.7. The van der Waals surface area contributed by atoms with Crippen molar-refractivity contribution in [3.05, 3.63) is 60.8 Å². The van der Waals surface area contributed by atoms with E-state index >= 15 is 0 Å². The van der Waals surface area contributed by atoms with Gasteiger partial charge >= 0.3 is 0 Å². The molecule has 0 bridgehead atoms. The number of aliphatic hydroxyl groups is 8. The molecule has 0 aromatic carbocycles. The van der Waals surface area contributed by atoms with Crippen LogP contribution in [0, 0.1) is 0 Å². The van der Waals surface area contributed by atoms with E-state index in [4.69, 9.17) is 18.9 Å². The predicted molar refractivity (Wildman–Crippen MR) is 258 cm³/mol. The minimum Gasteiger partial charge on any atom is -0.394 e. The Balaban J connectivity index is 1.76. The molecule has 14 heteroatoms. The van der Waals surface area contributed by atoms with Gasteiger partial charge in [-0.15, -0.1) is 0 Å². The van der Waals surface area contributed by atoms with Gasteiger partial charge in [0.2, 0.25) is 5.91 Å². The van der Waals surface area contributed by atoms with Crippen LogP contribution in [0.25, 0.3) is 0 Å². The number of allylic oxidation sites excluding steroid dienone is 9. The van der Waals surface area contributed by atoms with Gasteiger partial charge in [0.15, 0.2) is 12.6 Å². The van der Waals surface area contributed by atoms with E-state index in [0.717, 1.165) is 44.9 Å². The minimum absolute atomic E-state index is 0.262. The predicted octanol–water partition coefficient (Wildman–Crippen LogP) is 6.66. The highest BCUT2D eigenvalue weighted by Crippen LogP contribution is 2.30. The fourth-order valence-electron chi connectivity index (χ4n) is 8.06. The molecule has 0 aliphatic carbocycles. The van der Waals surface area contributed by atoms with Crippen molar-refractivity contribution in [3.63, 3.8) is 0 Å². The van der Waals surface area contributed by atoms with Gasteiger partial charge in [-0.3, -0.25) is 4.79 Å². The summed E-state index contributed by atoms with van der Waals surface area (Å²) in [6.45, 7) is 2.49. The van der Waals surface area contributed by atoms with Gasteiger partial charge in [0.25, 0.3) is 0 Å². The summed E-state index contributed by atoms with van der Waals surface area (Å²) >= 11 is 0. The van der Waals surface area contributed by atoms with Crippen LogP contribution in [0.1, 0.15) is 168 Å². The van der Waals surface area contributed by atoms with Gasteiger partial charge in [-0.1, -0.05) is 151 Å². The normalized spacial score (nSPS) is 27.3. The third kappa shape index (κ3) is 25.3. The van der Waals surface area contributed by atoms with E-state index in [1.165, 1.54) is 89.9 Å². The largest absolute Gasteiger partial charge is 0.394 e. The van der Waals surface area contributed by atoms with Crippen LogP contribution in [0.3, 0.4) is 0 Å². The summed E-state index contributed by atoms with van der Waals surface area (Å²) in [7, 11) is 0. The van der Waals surface area contributed by atoms with E-state index in [2.05, 4.69) is 54.8 Å². The summed E-state index contributed by atoms with van der Waals surface area (Å²) in [5.41, 5.74) is 0. The first-order valence-electron chi connectivity index (χ1n) is 25.5. The van der Waals surface area contributed by atoms with Crippen LogP contribution in [-0.4, -0.2) is 140 Å². The van der Waals surface area contributed by atoms with Gasteiger partial charge in [0, 0.05) is 6.42 Å².